The maximum absolute atomic E-state index is 12.6. The van der Waals surface area contributed by atoms with Crippen molar-refractivity contribution in [3.8, 4) is 6.07 Å². The minimum atomic E-state index is -2.88. The van der Waals surface area contributed by atoms with Gasteiger partial charge in [-0.1, -0.05) is 0 Å². The first-order chi connectivity index (χ1) is 13.2. The standard InChI is InChI=1S/C19H28N4O4S/c1-12-14(3)27-19(17(12)10-20)22-18(24)13(2)23-7-4-15(5-8-23)21-16-6-9-28(25,26)11-16/h13,15-16,21H,4-9,11H2,1-3H3,(H,22,24)/t13-,16+/m1/s1. The van der Waals surface area contributed by atoms with E-state index in [-0.39, 0.29) is 41.4 Å². The van der Waals surface area contributed by atoms with Crippen LogP contribution in [0.15, 0.2) is 4.42 Å². The zero-order valence-corrected chi connectivity index (χ0v) is 17.4. The highest BCUT2D eigenvalue weighted by atomic mass is 32.2. The zero-order chi connectivity index (χ0) is 20.5. The third kappa shape index (κ3) is 4.57. The topological polar surface area (TPSA) is 115 Å². The molecule has 0 radical (unpaired) electrons. The van der Waals surface area contributed by atoms with E-state index in [0.717, 1.165) is 31.5 Å². The van der Waals surface area contributed by atoms with Crippen LogP contribution < -0.4 is 10.6 Å². The summed E-state index contributed by atoms with van der Waals surface area (Å²) in [6, 6.07) is 2.07. The van der Waals surface area contributed by atoms with Gasteiger partial charge in [0.25, 0.3) is 0 Å². The van der Waals surface area contributed by atoms with Crippen LogP contribution in [0.25, 0.3) is 0 Å². The van der Waals surface area contributed by atoms with Crippen molar-refractivity contribution in [3.05, 3.63) is 16.9 Å². The van der Waals surface area contributed by atoms with E-state index in [9.17, 15) is 18.5 Å². The molecule has 2 aliphatic heterocycles. The quantitative estimate of drug-likeness (QED) is 0.755. The van der Waals surface area contributed by atoms with Gasteiger partial charge in [-0.05, 0) is 40.0 Å². The average molecular weight is 409 g/mol. The lowest BCUT2D eigenvalue weighted by atomic mass is 10.0. The lowest BCUT2D eigenvalue weighted by molar-refractivity contribution is -0.121. The molecule has 154 valence electrons. The molecule has 8 nitrogen and oxygen atoms in total. The van der Waals surface area contributed by atoms with E-state index in [1.807, 2.05) is 6.92 Å². The van der Waals surface area contributed by atoms with Crippen LogP contribution in [0.4, 0.5) is 5.88 Å². The molecular weight excluding hydrogens is 380 g/mol. The number of amides is 1. The molecule has 0 aliphatic carbocycles. The van der Waals surface area contributed by atoms with E-state index >= 15 is 0 Å². The molecule has 0 aromatic carbocycles. The van der Waals surface area contributed by atoms with Gasteiger partial charge in [0.15, 0.2) is 9.84 Å². The van der Waals surface area contributed by atoms with Gasteiger partial charge in [0.05, 0.1) is 17.5 Å². The van der Waals surface area contributed by atoms with E-state index in [2.05, 4.69) is 21.6 Å². The Morgan fingerprint density at radius 1 is 1.25 bits per heavy atom. The molecule has 3 heterocycles. The molecule has 0 unspecified atom stereocenters. The van der Waals surface area contributed by atoms with Gasteiger partial charge in [-0.3, -0.25) is 15.0 Å². The SMILES string of the molecule is Cc1oc(NC(=O)[C@@H](C)N2CCC(N[C@H]3CCS(=O)(=O)C3)CC2)c(C#N)c1C. The second-order valence-electron chi connectivity index (χ2n) is 7.84. The largest absolute Gasteiger partial charge is 0.444 e. The van der Waals surface area contributed by atoms with Crippen molar-refractivity contribution in [2.75, 3.05) is 29.9 Å². The number of piperidine rings is 1. The van der Waals surface area contributed by atoms with Crippen molar-refractivity contribution >= 4 is 21.6 Å². The molecule has 0 bridgehead atoms. The molecule has 28 heavy (non-hydrogen) atoms. The number of carbonyl (C=O) groups excluding carboxylic acids is 1. The summed E-state index contributed by atoms with van der Waals surface area (Å²) in [4.78, 5) is 14.7. The van der Waals surface area contributed by atoms with Gasteiger partial charge in [-0.25, -0.2) is 8.42 Å². The smallest absolute Gasteiger partial charge is 0.243 e. The molecule has 1 aromatic rings. The number of nitrogens with one attached hydrogen (secondary N) is 2. The number of aryl methyl sites for hydroxylation is 1. The predicted octanol–water partition coefficient (Wildman–Crippen LogP) is 1.34. The van der Waals surface area contributed by atoms with E-state index in [1.165, 1.54) is 0 Å². The van der Waals surface area contributed by atoms with Crippen LogP contribution in [-0.4, -0.2) is 61.9 Å². The van der Waals surface area contributed by atoms with E-state index in [0.29, 0.717) is 17.7 Å². The molecule has 0 saturated carbocycles. The van der Waals surface area contributed by atoms with Gasteiger partial charge in [0.2, 0.25) is 11.8 Å². The number of nitrogens with zero attached hydrogens (tertiary/aromatic N) is 2. The number of sulfone groups is 1. The van der Waals surface area contributed by atoms with Crippen molar-refractivity contribution in [2.24, 2.45) is 0 Å². The van der Waals surface area contributed by atoms with Gasteiger partial charge >= 0.3 is 0 Å². The normalized spacial score (nSPS) is 24.0. The lowest BCUT2D eigenvalue weighted by Gasteiger charge is -2.36. The number of hydrogen-bond donors (Lipinski definition) is 2. The molecule has 2 saturated heterocycles. The van der Waals surface area contributed by atoms with Crippen molar-refractivity contribution < 1.29 is 17.6 Å². The van der Waals surface area contributed by atoms with Gasteiger partial charge in [0.1, 0.15) is 17.4 Å². The Kier molecular flexibility index (Phi) is 6.12. The first-order valence-electron chi connectivity index (χ1n) is 9.71. The summed E-state index contributed by atoms with van der Waals surface area (Å²) in [6.07, 6.45) is 2.43. The fraction of sp³-hybridized carbons (Fsp3) is 0.684. The Morgan fingerprint density at radius 2 is 1.93 bits per heavy atom. The first-order valence-corrected chi connectivity index (χ1v) is 11.5. The maximum atomic E-state index is 12.6. The van der Waals surface area contributed by atoms with Crippen LogP contribution >= 0.6 is 0 Å². The van der Waals surface area contributed by atoms with Gasteiger partial charge in [-0.15, -0.1) is 0 Å². The number of carbonyl (C=O) groups is 1. The average Bonchev–Trinajstić information content (AvgIpc) is 3.13. The minimum Gasteiger partial charge on any atom is -0.444 e. The Hall–Kier alpha value is -1.89. The molecule has 9 heteroatoms. The minimum absolute atomic E-state index is 0.0529. The van der Waals surface area contributed by atoms with Crippen molar-refractivity contribution in [1.29, 1.82) is 5.26 Å². The number of furan rings is 1. The third-order valence-electron chi connectivity index (χ3n) is 5.89. The van der Waals surface area contributed by atoms with Crippen LogP contribution in [-0.2, 0) is 14.6 Å². The molecule has 0 spiro atoms. The predicted molar refractivity (Wildman–Crippen MR) is 106 cm³/mol. The summed E-state index contributed by atoms with van der Waals surface area (Å²) < 4.78 is 28.7. The van der Waals surface area contributed by atoms with E-state index in [1.54, 1.807) is 13.8 Å². The summed E-state index contributed by atoms with van der Waals surface area (Å²) in [5.41, 5.74) is 1.11. The van der Waals surface area contributed by atoms with Crippen molar-refractivity contribution in [3.63, 3.8) is 0 Å². The second-order valence-corrected chi connectivity index (χ2v) is 10.1. The van der Waals surface area contributed by atoms with Crippen molar-refractivity contribution in [2.45, 2.75) is 58.2 Å². The Bertz CT molecular complexity index is 878. The van der Waals surface area contributed by atoms with Gasteiger partial charge in [-0.2, -0.15) is 5.26 Å². The van der Waals surface area contributed by atoms with Crippen LogP contribution in [0.5, 0.6) is 0 Å². The van der Waals surface area contributed by atoms with Crippen molar-refractivity contribution in [1.82, 2.24) is 10.2 Å². The van der Waals surface area contributed by atoms with Crippen LogP contribution in [0.2, 0.25) is 0 Å². The highest BCUT2D eigenvalue weighted by Crippen LogP contribution is 2.26. The first kappa shape index (κ1) is 20.8. The van der Waals surface area contributed by atoms with E-state index in [4.69, 9.17) is 4.42 Å². The molecular formula is C19H28N4O4S. The summed E-state index contributed by atoms with van der Waals surface area (Å²) in [7, 11) is -2.88. The molecule has 3 rings (SSSR count). The maximum Gasteiger partial charge on any atom is 0.243 e. The second kappa shape index (κ2) is 8.23. The van der Waals surface area contributed by atoms with Crippen LogP contribution in [0.3, 0.4) is 0 Å². The van der Waals surface area contributed by atoms with E-state index < -0.39 is 9.84 Å². The molecule has 2 N–H and O–H groups in total. The van der Waals surface area contributed by atoms with Crippen LogP contribution in [0, 0.1) is 25.2 Å². The molecule has 2 aliphatic rings. The number of rotatable bonds is 5. The summed E-state index contributed by atoms with van der Waals surface area (Å²) in [5.74, 6) is 1.15. The summed E-state index contributed by atoms with van der Waals surface area (Å²) in [5, 5.41) is 15.5. The number of hydrogen-bond acceptors (Lipinski definition) is 7. The zero-order valence-electron chi connectivity index (χ0n) is 16.6. The van der Waals surface area contributed by atoms with Gasteiger partial charge in [0, 0.05) is 30.7 Å². The fourth-order valence-electron chi connectivity index (χ4n) is 3.95. The number of nitriles is 1. The molecule has 2 atom stereocenters. The fourth-order valence-corrected chi connectivity index (χ4v) is 5.63. The molecule has 1 amide bonds. The Morgan fingerprint density at radius 3 is 2.50 bits per heavy atom. The number of anilines is 1. The summed E-state index contributed by atoms with van der Waals surface area (Å²) in [6.45, 7) is 6.92. The Labute approximate surface area is 166 Å². The van der Waals surface area contributed by atoms with Crippen LogP contribution in [0.1, 0.15) is 43.1 Å². The molecule has 2 fully saturated rings. The Balaban J connectivity index is 1.51. The third-order valence-corrected chi connectivity index (χ3v) is 7.66. The monoisotopic (exact) mass is 408 g/mol. The highest BCUT2D eigenvalue weighted by molar-refractivity contribution is 7.91. The lowest BCUT2D eigenvalue weighted by Crippen LogP contribution is -2.51. The summed E-state index contributed by atoms with van der Waals surface area (Å²) >= 11 is 0. The molecule has 1 aromatic heterocycles. The highest BCUT2D eigenvalue weighted by Gasteiger charge is 2.32. The number of likely N-dealkylation sites (tertiary alicyclic amines) is 1. The van der Waals surface area contributed by atoms with Gasteiger partial charge < -0.3 is 9.73 Å².